The van der Waals surface area contributed by atoms with Crippen molar-refractivity contribution in [3.05, 3.63) is 53.6 Å². The molecule has 6 heteroatoms. The van der Waals surface area contributed by atoms with E-state index in [0.717, 1.165) is 49.9 Å². The molecule has 5 rings (SSSR count). The van der Waals surface area contributed by atoms with Crippen molar-refractivity contribution in [2.45, 2.75) is 44.1 Å². The van der Waals surface area contributed by atoms with Crippen molar-refractivity contribution in [3.8, 4) is 16.9 Å². The fraction of sp³-hybridized carbons (Fsp3) is 0.462. The lowest BCUT2D eigenvalue weighted by atomic mass is 9.88. The molecule has 0 aromatic heterocycles. The largest absolute Gasteiger partial charge is 0.497 e. The van der Waals surface area contributed by atoms with Crippen molar-refractivity contribution >= 4 is 11.9 Å². The van der Waals surface area contributed by atoms with E-state index >= 15 is 0 Å². The number of carbonyl (C=O) groups excluding carboxylic acids is 1. The van der Waals surface area contributed by atoms with Crippen LogP contribution in [0.25, 0.3) is 11.1 Å². The van der Waals surface area contributed by atoms with Gasteiger partial charge in [-0.3, -0.25) is 4.79 Å². The van der Waals surface area contributed by atoms with Crippen molar-refractivity contribution < 1.29 is 24.2 Å². The zero-order valence-electron chi connectivity index (χ0n) is 18.4. The number of aromatic carboxylic acids is 1. The highest BCUT2D eigenvalue weighted by Gasteiger charge is 2.55. The summed E-state index contributed by atoms with van der Waals surface area (Å²) in [5, 5.41) is 9.37. The van der Waals surface area contributed by atoms with Crippen LogP contribution < -0.4 is 4.74 Å². The number of hydrogen-bond donors (Lipinski definition) is 1. The molecule has 1 amide bonds. The highest BCUT2D eigenvalue weighted by atomic mass is 16.5. The standard InChI is InChI=1S/C26H29NO5/c1-31-21-14-19(13-20(15-21)25(29)30)17-4-6-18(7-5-17)22-16-26(22)8-10-27(11-9-26)24(28)23-3-2-12-32-23/h4-7,13-15,22-23H,2-3,8-12,16H2,1H3,(H,29,30)/t22-,23?/m1/s1. The van der Waals surface area contributed by atoms with Gasteiger partial charge >= 0.3 is 5.97 Å². The lowest BCUT2D eigenvalue weighted by Gasteiger charge is -2.34. The van der Waals surface area contributed by atoms with Gasteiger partial charge in [0.05, 0.1) is 12.7 Å². The van der Waals surface area contributed by atoms with E-state index in [1.54, 1.807) is 13.2 Å². The molecule has 2 aliphatic heterocycles. The molecule has 0 bridgehead atoms. The summed E-state index contributed by atoms with van der Waals surface area (Å²) in [7, 11) is 1.54. The third-order valence-electron chi connectivity index (χ3n) is 7.50. The van der Waals surface area contributed by atoms with Crippen molar-refractivity contribution in [1.29, 1.82) is 0 Å². The molecule has 1 aliphatic carbocycles. The van der Waals surface area contributed by atoms with Gasteiger partial charge in [0.15, 0.2) is 0 Å². The van der Waals surface area contributed by atoms with Gasteiger partial charge in [-0.15, -0.1) is 0 Å². The number of rotatable bonds is 5. The van der Waals surface area contributed by atoms with Gasteiger partial charge in [-0.2, -0.15) is 0 Å². The number of carbonyl (C=O) groups is 2. The Hall–Kier alpha value is -2.86. The molecule has 2 heterocycles. The number of likely N-dealkylation sites (tertiary alicyclic amines) is 1. The van der Waals surface area contributed by atoms with Crippen LogP contribution in [0.3, 0.4) is 0 Å². The molecule has 3 fully saturated rings. The number of carboxylic acids is 1. The first kappa shape index (κ1) is 21.0. The average Bonchev–Trinajstić information content (AvgIpc) is 3.24. The second-order valence-electron chi connectivity index (χ2n) is 9.32. The molecule has 2 aromatic carbocycles. The minimum Gasteiger partial charge on any atom is -0.497 e. The molecule has 2 atom stereocenters. The van der Waals surface area contributed by atoms with Crippen LogP contribution in [0.1, 0.15) is 53.9 Å². The van der Waals surface area contributed by atoms with Crippen LogP contribution in [0.2, 0.25) is 0 Å². The number of benzene rings is 2. The predicted octanol–water partition coefficient (Wildman–Crippen LogP) is 4.34. The van der Waals surface area contributed by atoms with Gasteiger partial charge in [0.2, 0.25) is 0 Å². The summed E-state index contributed by atoms with van der Waals surface area (Å²) in [4.78, 5) is 26.1. The summed E-state index contributed by atoms with van der Waals surface area (Å²) in [5.74, 6) is 0.287. The van der Waals surface area contributed by atoms with Crippen LogP contribution >= 0.6 is 0 Å². The quantitative estimate of drug-likeness (QED) is 0.756. The number of piperidine rings is 1. The van der Waals surface area contributed by atoms with Crippen molar-refractivity contribution in [2.75, 3.05) is 26.8 Å². The molecule has 1 unspecified atom stereocenters. The van der Waals surface area contributed by atoms with E-state index in [4.69, 9.17) is 9.47 Å². The first-order chi connectivity index (χ1) is 15.5. The summed E-state index contributed by atoms with van der Waals surface area (Å²) in [6.45, 7) is 2.36. The monoisotopic (exact) mass is 435 g/mol. The molecule has 1 spiro atoms. The fourth-order valence-electron chi connectivity index (χ4n) is 5.44. The molecule has 32 heavy (non-hydrogen) atoms. The van der Waals surface area contributed by atoms with Gasteiger partial charge in [0.25, 0.3) is 5.91 Å². The second kappa shape index (κ2) is 8.24. The molecule has 1 saturated carbocycles. The second-order valence-corrected chi connectivity index (χ2v) is 9.32. The first-order valence-corrected chi connectivity index (χ1v) is 11.4. The van der Waals surface area contributed by atoms with Gasteiger partial charge in [0.1, 0.15) is 11.9 Å². The lowest BCUT2D eigenvalue weighted by Crippen LogP contribution is -2.44. The summed E-state index contributed by atoms with van der Waals surface area (Å²) in [6, 6.07) is 13.5. The van der Waals surface area contributed by atoms with E-state index in [2.05, 4.69) is 24.3 Å². The Morgan fingerprint density at radius 1 is 1.09 bits per heavy atom. The van der Waals surface area contributed by atoms with E-state index in [1.807, 2.05) is 11.0 Å². The van der Waals surface area contributed by atoms with E-state index < -0.39 is 5.97 Å². The molecule has 6 nitrogen and oxygen atoms in total. The fourth-order valence-corrected chi connectivity index (χ4v) is 5.44. The Bertz CT molecular complexity index is 1020. The van der Waals surface area contributed by atoms with E-state index in [9.17, 15) is 14.7 Å². The van der Waals surface area contributed by atoms with Crippen LogP contribution in [0.15, 0.2) is 42.5 Å². The van der Waals surface area contributed by atoms with Crippen LogP contribution in [0.4, 0.5) is 0 Å². The van der Waals surface area contributed by atoms with Gasteiger partial charge in [-0.1, -0.05) is 24.3 Å². The third-order valence-corrected chi connectivity index (χ3v) is 7.50. The number of amides is 1. The SMILES string of the molecule is COc1cc(C(=O)O)cc(-c2ccc([C@H]3CC34CCN(C(=O)C3CCCO3)CC4)cc2)c1. The molecular weight excluding hydrogens is 406 g/mol. The number of hydrogen-bond acceptors (Lipinski definition) is 4. The summed E-state index contributed by atoms with van der Waals surface area (Å²) in [6.07, 6.45) is 4.91. The highest BCUT2D eigenvalue weighted by Crippen LogP contribution is 2.65. The normalized spacial score (nSPS) is 23.8. The van der Waals surface area contributed by atoms with Crippen LogP contribution in [0, 0.1) is 5.41 Å². The summed E-state index contributed by atoms with van der Waals surface area (Å²) in [5.41, 5.74) is 3.67. The molecule has 3 aliphatic rings. The Morgan fingerprint density at radius 3 is 2.47 bits per heavy atom. The maximum absolute atomic E-state index is 12.6. The predicted molar refractivity (Wildman–Crippen MR) is 120 cm³/mol. The lowest BCUT2D eigenvalue weighted by molar-refractivity contribution is -0.142. The third kappa shape index (κ3) is 3.88. The topological polar surface area (TPSA) is 76.1 Å². The minimum absolute atomic E-state index is 0.179. The van der Waals surface area contributed by atoms with Gasteiger partial charge in [0, 0.05) is 19.7 Å². The van der Waals surface area contributed by atoms with E-state index in [1.165, 1.54) is 18.1 Å². The molecule has 2 aromatic rings. The van der Waals surface area contributed by atoms with Crippen LogP contribution in [-0.4, -0.2) is 54.8 Å². The maximum atomic E-state index is 12.6. The number of carboxylic acid groups (broad SMARTS) is 1. The maximum Gasteiger partial charge on any atom is 0.335 e. The zero-order valence-corrected chi connectivity index (χ0v) is 18.4. The zero-order chi connectivity index (χ0) is 22.3. The molecular formula is C26H29NO5. The van der Waals surface area contributed by atoms with E-state index in [-0.39, 0.29) is 17.6 Å². The molecule has 1 N–H and O–H groups in total. The van der Waals surface area contributed by atoms with Gasteiger partial charge in [-0.05, 0) is 78.3 Å². The number of nitrogens with zero attached hydrogens (tertiary/aromatic N) is 1. The van der Waals surface area contributed by atoms with Crippen LogP contribution in [0.5, 0.6) is 5.75 Å². The number of ether oxygens (including phenoxy) is 2. The minimum atomic E-state index is -0.967. The Labute approximate surface area is 188 Å². The van der Waals surface area contributed by atoms with Crippen LogP contribution in [-0.2, 0) is 9.53 Å². The summed E-state index contributed by atoms with van der Waals surface area (Å²) < 4.78 is 10.9. The van der Waals surface area contributed by atoms with E-state index in [0.29, 0.717) is 23.7 Å². The first-order valence-electron chi connectivity index (χ1n) is 11.4. The average molecular weight is 436 g/mol. The summed E-state index contributed by atoms with van der Waals surface area (Å²) >= 11 is 0. The smallest absolute Gasteiger partial charge is 0.335 e. The van der Waals surface area contributed by atoms with Gasteiger partial charge < -0.3 is 19.5 Å². The Morgan fingerprint density at radius 2 is 1.84 bits per heavy atom. The van der Waals surface area contributed by atoms with Crippen molar-refractivity contribution in [3.63, 3.8) is 0 Å². The number of methoxy groups -OCH3 is 1. The Kier molecular flexibility index (Phi) is 5.41. The van der Waals surface area contributed by atoms with Crippen molar-refractivity contribution in [2.24, 2.45) is 5.41 Å². The molecule has 2 saturated heterocycles. The Balaban J connectivity index is 1.25. The van der Waals surface area contributed by atoms with Gasteiger partial charge in [-0.25, -0.2) is 4.79 Å². The molecule has 0 radical (unpaired) electrons. The highest BCUT2D eigenvalue weighted by molar-refractivity contribution is 5.90. The molecule has 168 valence electrons. The van der Waals surface area contributed by atoms with Crippen molar-refractivity contribution in [1.82, 2.24) is 4.90 Å².